The number of ether oxygens (including phenoxy) is 1. The van der Waals surface area contributed by atoms with Crippen molar-refractivity contribution < 1.29 is 19.1 Å². The summed E-state index contributed by atoms with van der Waals surface area (Å²) < 4.78 is 6.03. The van der Waals surface area contributed by atoms with Crippen LogP contribution in [0.4, 0.5) is 11.4 Å². The summed E-state index contributed by atoms with van der Waals surface area (Å²) in [5, 5.41) is 11.1. The zero-order chi connectivity index (χ0) is 33.3. The van der Waals surface area contributed by atoms with Gasteiger partial charge in [0, 0.05) is 5.69 Å². The molecule has 1 fully saturated rings. The van der Waals surface area contributed by atoms with E-state index in [-0.39, 0.29) is 17.4 Å². The van der Waals surface area contributed by atoms with E-state index in [4.69, 9.17) is 4.74 Å². The first-order valence-corrected chi connectivity index (χ1v) is 17.8. The Morgan fingerprint density at radius 2 is 1.50 bits per heavy atom. The van der Waals surface area contributed by atoms with E-state index in [1.807, 2.05) is 24.3 Å². The fraction of sp³-hybridized carbons (Fsp3) is 0.615. The first-order chi connectivity index (χ1) is 22.2. The predicted molar refractivity (Wildman–Crippen MR) is 187 cm³/mol. The molecule has 0 bridgehead atoms. The quantitative estimate of drug-likeness (QED) is 0.0722. The summed E-state index contributed by atoms with van der Waals surface area (Å²) >= 11 is 0. The molecule has 1 N–H and O–H groups in total. The van der Waals surface area contributed by atoms with E-state index >= 15 is 0 Å². The number of hydrogen-bond acceptors (Lipinski definition) is 6. The number of carbonyl (C=O) groups is 3. The molecule has 0 radical (unpaired) electrons. The Hall–Kier alpha value is -3.35. The van der Waals surface area contributed by atoms with E-state index in [9.17, 15) is 14.4 Å². The molecule has 2 aromatic rings. The van der Waals surface area contributed by atoms with Crippen LogP contribution in [0.15, 0.2) is 58.8 Å². The van der Waals surface area contributed by atoms with Crippen LogP contribution >= 0.6 is 0 Å². The van der Waals surface area contributed by atoms with Crippen molar-refractivity contribution in [1.29, 1.82) is 0 Å². The average molecular weight is 632 g/mol. The van der Waals surface area contributed by atoms with Crippen LogP contribution in [0, 0.1) is 17.8 Å². The van der Waals surface area contributed by atoms with Gasteiger partial charge in [-0.2, -0.15) is 10.2 Å². The molecular formula is C39H57N3O4. The molecule has 4 unspecified atom stereocenters. The Morgan fingerprint density at radius 3 is 2.13 bits per heavy atom. The van der Waals surface area contributed by atoms with Gasteiger partial charge in [0.1, 0.15) is 6.10 Å². The summed E-state index contributed by atoms with van der Waals surface area (Å²) in [6.45, 7) is 10.1. The molecule has 1 aliphatic carbocycles. The Balaban J connectivity index is 1.52. The number of Topliss-reactive ketones (excluding diaryl/α,β-unsaturated/α-hetero) is 1. The number of carbonyl (C=O) groups excluding carboxylic acids is 3. The molecule has 2 aromatic carbocycles. The van der Waals surface area contributed by atoms with E-state index < -0.39 is 23.7 Å². The Kier molecular flexibility index (Phi) is 16.1. The second-order valence-electron chi connectivity index (χ2n) is 13.6. The molecule has 0 spiro atoms. The molecule has 252 valence electrons. The molecule has 3 rings (SSSR count). The maximum Gasteiger partial charge on any atom is 0.340 e. The number of anilines is 1. The Bertz CT molecular complexity index is 1260. The SMILES string of the molecule is CCCCCCCCCCCCc1ccc(NC(=O)C(N=Nc2ccccc2C(=O)OC2CC(C)CCC2C(C)C)C(C)=O)cc1. The standard InChI is InChI=1S/C39H57N3O4/c1-6-7-8-9-10-11-12-13-14-15-18-31-22-24-32(25-23-31)40-38(44)37(30(5)43)42-41-35-20-17-16-19-34(35)39(45)46-36-27-29(4)21-26-33(36)28(2)3/h16-17,19-20,22-25,28-29,33,36-37H,6-15,18,21,26-27H2,1-5H3,(H,40,44). The van der Waals surface area contributed by atoms with Crippen LogP contribution in [-0.2, 0) is 20.7 Å². The molecule has 1 amide bonds. The van der Waals surface area contributed by atoms with Gasteiger partial charge in [-0.1, -0.05) is 116 Å². The number of ketones is 1. The second-order valence-corrected chi connectivity index (χ2v) is 13.6. The second kappa shape index (κ2) is 20.0. The maximum atomic E-state index is 13.3. The number of unbranched alkanes of at least 4 members (excludes halogenated alkanes) is 9. The van der Waals surface area contributed by atoms with Crippen LogP contribution in [0.1, 0.15) is 134 Å². The fourth-order valence-corrected chi connectivity index (χ4v) is 6.40. The number of benzene rings is 2. The average Bonchev–Trinajstić information content (AvgIpc) is 3.02. The van der Waals surface area contributed by atoms with Gasteiger partial charge in [-0.3, -0.25) is 9.59 Å². The minimum absolute atomic E-state index is 0.154. The lowest BCUT2D eigenvalue weighted by Gasteiger charge is -2.36. The largest absolute Gasteiger partial charge is 0.458 e. The van der Waals surface area contributed by atoms with Crippen LogP contribution in [0.2, 0.25) is 0 Å². The molecule has 1 aliphatic rings. The van der Waals surface area contributed by atoms with Crippen molar-refractivity contribution in [3.63, 3.8) is 0 Å². The van der Waals surface area contributed by atoms with Gasteiger partial charge >= 0.3 is 5.97 Å². The van der Waals surface area contributed by atoms with Gasteiger partial charge in [0.25, 0.3) is 5.91 Å². The summed E-state index contributed by atoms with van der Waals surface area (Å²) in [6, 6.07) is 13.2. The van der Waals surface area contributed by atoms with Crippen molar-refractivity contribution >= 4 is 29.0 Å². The third-order valence-electron chi connectivity index (χ3n) is 9.30. The molecule has 7 nitrogen and oxygen atoms in total. The van der Waals surface area contributed by atoms with Crippen LogP contribution in [0.3, 0.4) is 0 Å². The van der Waals surface area contributed by atoms with Crippen LogP contribution in [-0.4, -0.2) is 29.8 Å². The minimum Gasteiger partial charge on any atom is -0.458 e. The van der Waals surface area contributed by atoms with Gasteiger partial charge in [-0.25, -0.2) is 4.79 Å². The highest BCUT2D eigenvalue weighted by molar-refractivity contribution is 6.10. The van der Waals surface area contributed by atoms with Gasteiger partial charge < -0.3 is 10.1 Å². The predicted octanol–water partition coefficient (Wildman–Crippen LogP) is 10.4. The van der Waals surface area contributed by atoms with E-state index in [0.29, 0.717) is 23.4 Å². The number of nitrogens with zero attached hydrogens (tertiary/aromatic N) is 2. The third kappa shape index (κ3) is 12.4. The maximum absolute atomic E-state index is 13.3. The summed E-state index contributed by atoms with van der Waals surface area (Å²) in [4.78, 5) is 38.8. The number of esters is 1. The number of hydrogen-bond donors (Lipinski definition) is 1. The highest BCUT2D eigenvalue weighted by Gasteiger charge is 2.34. The van der Waals surface area contributed by atoms with Crippen LogP contribution in [0.25, 0.3) is 0 Å². The Labute approximate surface area is 277 Å². The number of amides is 1. The molecule has 4 atom stereocenters. The normalized spacial score (nSPS) is 18.9. The van der Waals surface area contributed by atoms with Crippen LogP contribution < -0.4 is 5.32 Å². The molecule has 7 heteroatoms. The van der Waals surface area contributed by atoms with Crippen molar-refractivity contribution in [3.8, 4) is 0 Å². The topological polar surface area (TPSA) is 97.2 Å². The van der Waals surface area contributed by atoms with Crippen molar-refractivity contribution in [2.75, 3.05) is 5.32 Å². The summed E-state index contributed by atoms with van der Waals surface area (Å²) in [7, 11) is 0. The lowest BCUT2D eigenvalue weighted by molar-refractivity contribution is -0.126. The summed E-state index contributed by atoms with van der Waals surface area (Å²) in [6.07, 6.45) is 17.0. The first-order valence-electron chi connectivity index (χ1n) is 17.8. The lowest BCUT2D eigenvalue weighted by atomic mass is 9.75. The molecule has 1 saturated carbocycles. The van der Waals surface area contributed by atoms with E-state index in [1.54, 1.807) is 24.3 Å². The number of rotatable bonds is 19. The van der Waals surface area contributed by atoms with Crippen molar-refractivity contribution in [2.24, 2.45) is 28.0 Å². The third-order valence-corrected chi connectivity index (χ3v) is 9.30. The van der Waals surface area contributed by atoms with Gasteiger partial charge in [-0.05, 0) is 80.2 Å². The highest BCUT2D eigenvalue weighted by Crippen LogP contribution is 2.36. The van der Waals surface area contributed by atoms with Gasteiger partial charge in [0.05, 0.1) is 11.3 Å². The molecule has 46 heavy (non-hydrogen) atoms. The van der Waals surface area contributed by atoms with Crippen molar-refractivity contribution in [1.82, 2.24) is 0 Å². The minimum atomic E-state index is -1.33. The van der Waals surface area contributed by atoms with Crippen molar-refractivity contribution in [3.05, 3.63) is 59.7 Å². The summed E-state index contributed by atoms with van der Waals surface area (Å²) in [5.41, 5.74) is 2.37. The fourth-order valence-electron chi connectivity index (χ4n) is 6.40. The molecule has 0 heterocycles. The Morgan fingerprint density at radius 1 is 0.870 bits per heavy atom. The number of azo groups is 1. The van der Waals surface area contributed by atoms with Crippen molar-refractivity contribution in [2.45, 2.75) is 137 Å². The number of aryl methyl sites for hydroxylation is 1. The zero-order valence-corrected chi connectivity index (χ0v) is 28.9. The summed E-state index contributed by atoms with van der Waals surface area (Å²) in [5.74, 6) is -0.228. The van der Waals surface area contributed by atoms with E-state index in [2.05, 4.69) is 43.2 Å². The number of nitrogens with one attached hydrogen (secondary N) is 1. The van der Waals surface area contributed by atoms with Gasteiger partial charge in [0.15, 0.2) is 5.78 Å². The smallest absolute Gasteiger partial charge is 0.340 e. The highest BCUT2D eigenvalue weighted by atomic mass is 16.5. The zero-order valence-electron chi connectivity index (χ0n) is 28.9. The van der Waals surface area contributed by atoms with E-state index in [0.717, 1.165) is 32.1 Å². The molecule has 0 saturated heterocycles. The van der Waals surface area contributed by atoms with E-state index in [1.165, 1.54) is 70.3 Å². The lowest BCUT2D eigenvalue weighted by Crippen LogP contribution is -2.35. The monoisotopic (exact) mass is 631 g/mol. The van der Waals surface area contributed by atoms with Gasteiger partial charge in [0.2, 0.25) is 6.04 Å². The van der Waals surface area contributed by atoms with Crippen LogP contribution in [0.5, 0.6) is 0 Å². The first kappa shape index (κ1) is 37.1. The molecular weight excluding hydrogens is 574 g/mol. The molecule has 0 aromatic heterocycles. The van der Waals surface area contributed by atoms with Gasteiger partial charge in [-0.15, -0.1) is 0 Å². The molecule has 0 aliphatic heterocycles.